The Kier molecular flexibility index (Phi) is 4.67. The van der Waals surface area contributed by atoms with Crippen LogP contribution in [0.2, 0.25) is 0 Å². The highest BCUT2D eigenvalue weighted by molar-refractivity contribution is 5.94. The molecule has 0 unspecified atom stereocenters. The van der Waals surface area contributed by atoms with E-state index < -0.39 is 17.4 Å². The topological polar surface area (TPSA) is 65.8 Å². The molecule has 106 valence electrons. The van der Waals surface area contributed by atoms with Gasteiger partial charge in [-0.25, -0.2) is 4.98 Å². The summed E-state index contributed by atoms with van der Waals surface area (Å²) >= 11 is 0. The fourth-order valence-corrected chi connectivity index (χ4v) is 2.61. The van der Waals surface area contributed by atoms with Crippen LogP contribution < -0.4 is 5.32 Å². The van der Waals surface area contributed by atoms with Crippen LogP contribution in [0.25, 0.3) is 0 Å². The lowest BCUT2D eigenvalue weighted by Gasteiger charge is -2.29. The van der Waals surface area contributed by atoms with Crippen molar-refractivity contribution in [1.29, 1.82) is 5.26 Å². The molecule has 1 fully saturated rings. The zero-order chi connectivity index (χ0) is 14.4. The Morgan fingerprint density at radius 3 is 2.55 bits per heavy atom. The molecule has 0 radical (unpaired) electrons. The van der Waals surface area contributed by atoms with Crippen LogP contribution in [0.3, 0.4) is 0 Å². The number of hydrogen-bond acceptors (Lipinski definition) is 3. The Bertz CT molecular complexity index is 516. The van der Waals surface area contributed by atoms with Crippen LogP contribution >= 0.6 is 0 Å². The molecule has 1 aromatic rings. The summed E-state index contributed by atoms with van der Waals surface area (Å²) < 4.78 is 13.5. The van der Waals surface area contributed by atoms with Crippen LogP contribution in [0.15, 0.2) is 18.3 Å². The van der Waals surface area contributed by atoms with Gasteiger partial charge in [-0.1, -0.05) is 32.1 Å². The standard InChI is InChI=1S/C15H18FN3O/c16-13-12(7-6-10-18-13)14(20)19-15(11-17)8-4-2-1-3-5-9-15/h6-7,10H,1-5,8-9H2,(H,19,20). The van der Waals surface area contributed by atoms with Gasteiger partial charge < -0.3 is 5.32 Å². The number of hydrogen-bond donors (Lipinski definition) is 1. The van der Waals surface area contributed by atoms with Crippen molar-refractivity contribution < 1.29 is 9.18 Å². The van der Waals surface area contributed by atoms with Crippen molar-refractivity contribution in [2.45, 2.75) is 50.5 Å². The number of pyridine rings is 1. The van der Waals surface area contributed by atoms with Gasteiger partial charge in [0.1, 0.15) is 5.54 Å². The number of nitriles is 1. The second kappa shape index (κ2) is 6.47. The molecule has 4 nitrogen and oxygen atoms in total. The lowest BCUT2D eigenvalue weighted by molar-refractivity contribution is 0.0902. The number of carbonyl (C=O) groups is 1. The predicted octanol–water partition coefficient (Wildman–Crippen LogP) is 2.96. The van der Waals surface area contributed by atoms with Crippen LogP contribution in [0.5, 0.6) is 0 Å². The Balaban J connectivity index is 2.14. The largest absolute Gasteiger partial charge is 0.334 e. The third kappa shape index (κ3) is 3.32. The number of halogens is 1. The van der Waals surface area contributed by atoms with E-state index in [0.717, 1.165) is 25.7 Å². The first-order valence-corrected chi connectivity index (χ1v) is 7.01. The van der Waals surface area contributed by atoms with E-state index in [1.807, 2.05) is 0 Å². The molecule has 20 heavy (non-hydrogen) atoms. The molecule has 1 saturated carbocycles. The highest BCUT2D eigenvalue weighted by atomic mass is 19.1. The summed E-state index contributed by atoms with van der Waals surface area (Å²) in [7, 11) is 0. The number of rotatable bonds is 2. The molecular weight excluding hydrogens is 257 g/mol. The van der Waals surface area contributed by atoms with E-state index >= 15 is 0 Å². The molecule has 0 atom stereocenters. The second-order valence-corrected chi connectivity index (χ2v) is 5.26. The third-order valence-corrected chi connectivity index (χ3v) is 3.78. The van der Waals surface area contributed by atoms with E-state index in [1.54, 1.807) is 0 Å². The molecule has 1 N–H and O–H groups in total. The third-order valence-electron chi connectivity index (χ3n) is 3.78. The number of carbonyl (C=O) groups excluding carboxylic acids is 1. The van der Waals surface area contributed by atoms with Crippen LogP contribution in [0, 0.1) is 17.3 Å². The minimum absolute atomic E-state index is 0.107. The molecule has 0 aromatic carbocycles. The molecule has 1 heterocycles. The van der Waals surface area contributed by atoms with E-state index in [1.165, 1.54) is 24.8 Å². The highest BCUT2D eigenvalue weighted by Crippen LogP contribution is 2.26. The fraction of sp³-hybridized carbons (Fsp3) is 0.533. The van der Waals surface area contributed by atoms with Crippen molar-refractivity contribution in [3.8, 4) is 6.07 Å². The normalized spacial score (nSPS) is 18.4. The van der Waals surface area contributed by atoms with E-state index in [9.17, 15) is 14.4 Å². The Labute approximate surface area is 118 Å². The molecule has 0 bridgehead atoms. The maximum absolute atomic E-state index is 13.5. The first-order valence-electron chi connectivity index (χ1n) is 7.01. The predicted molar refractivity (Wildman–Crippen MR) is 72.3 cm³/mol. The van der Waals surface area contributed by atoms with E-state index in [0.29, 0.717) is 12.8 Å². The van der Waals surface area contributed by atoms with Crippen LogP contribution in [0.1, 0.15) is 55.3 Å². The van der Waals surface area contributed by atoms with Crippen molar-refractivity contribution in [2.24, 2.45) is 0 Å². The number of amides is 1. The fourth-order valence-electron chi connectivity index (χ4n) is 2.61. The molecule has 0 saturated heterocycles. The van der Waals surface area contributed by atoms with Gasteiger partial charge in [-0.05, 0) is 25.0 Å². The lowest BCUT2D eigenvalue weighted by atomic mass is 9.85. The molecule has 1 amide bonds. The second-order valence-electron chi connectivity index (χ2n) is 5.26. The maximum atomic E-state index is 13.5. The summed E-state index contributed by atoms with van der Waals surface area (Å²) in [4.78, 5) is 15.6. The summed E-state index contributed by atoms with van der Waals surface area (Å²) in [6.07, 6.45) is 7.66. The number of aromatic nitrogens is 1. The van der Waals surface area contributed by atoms with Crippen molar-refractivity contribution in [3.05, 3.63) is 29.8 Å². The Hall–Kier alpha value is -1.96. The Morgan fingerprint density at radius 1 is 1.30 bits per heavy atom. The van der Waals surface area contributed by atoms with Gasteiger partial charge in [0.25, 0.3) is 5.91 Å². The van der Waals surface area contributed by atoms with Gasteiger partial charge >= 0.3 is 0 Å². The minimum atomic E-state index is -0.875. The number of nitrogens with zero attached hydrogens (tertiary/aromatic N) is 2. The minimum Gasteiger partial charge on any atom is -0.334 e. The van der Waals surface area contributed by atoms with Gasteiger partial charge in [-0.15, -0.1) is 0 Å². The monoisotopic (exact) mass is 275 g/mol. The molecular formula is C15H18FN3O. The van der Waals surface area contributed by atoms with Crippen LogP contribution in [-0.4, -0.2) is 16.4 Å². The van der Waals surface area contributed by atoms with Crippen molar-refractivity contribution in [2.75, 3.05) is 0 Å². The average molecular weight is 275 g/mol. The molecule has 1 aliphatic rings. The molecule has 1 aromatic heterocycles. The molecule has 5 heteroatoms. The van der Waals surface area contributed by atoms with Crippen molar-refractivity contribution in [3.63, 3.8) is 0 Å². The van der Waals surface area contributed by atoms with Gasteiger partial charge in [0, 0.05) is 6.20 Å². The lowest BCUT2D eigenvalue weighted by Crippen LogP contribution is -2.48. The summed E-state index contributed by atoms with van der Waals surface area (Å²) in [6, 6.07) is 5.12. The van der Waals surface area contributed by atoms with Crippen LogP contribution in [-0.2, 0) is 0 Å². The zero-order valence-electron chi connectivity index (χ0n) is 11.4. The van der Waals surface area contributed by atoms with E-state index in [4.69, 9.17) is 0 Å². The maximum Gasteiger partial charge on any atom is 0.257 e. The molecule has 2 rings (SSSR count). The summed E-state index contributed by atoms with van der Waals surface area (Å²) in [5, 5.41) is 12.2. The molecule has 0 spiro atoms. The van der Waals surface area contributed by atoms with Gasteiger partial charge in [-0.3, -0.25) is 4.79 Å². The molecule has 0 aliphatic heterocycles. The van der Waals surface area contributed by atoms with Gasteiger partial charge in [-0.2, -0.15) is 9.65 Å². The van der Waals surface area contributed by atoms with E-state index in [2.05, 4.69) is 16.4 Å². The van der Waals surface area contributed by atoms with Crippen molar-refractivity contribution in [1.82, 2.24) is 10.3 Å². The van der Waals surface area contributed by atoms with Gasteiger partial charge in [0.2, 0.25) is 5.95 Å². The van der Waals surface area contributed by atoms with Gasteiger partial charge in [0.15, 0.2) is 0 Å². The van der Waals surface area contributed by atoms with Gasteiger partial charge in [0.05, 0.1) is 11.6 Å². The first-order chi connectivity index (χ1) is 9.67. The highest BCUT2D eigenvalue weighted by Gasteiger charge is 2.32. The Morgan fingerprint density at radius 2 is 1.95 bits per heavy atom. The number of nitrogens with one attached hydrogen (secondary N) is 1. The van der Waals surface area contributed by atoms with Crippen LogP contribution in [0.4, 0.5) is 4.39 Å². The summed E-state index contributed by atoms with van der Waals surface area (Å²) in [6.45, 7) is 0. The molecule has 1 aliphatic carbocycles. The average Bonchev–Trinajstić information content (AvgIpc) is 2.42. The smallest absolute Gasteiger partial charge is 0.257 e. The zero-order valence-corrected chi connectivity index (χ0v) is 11.4. The quantitative estimate of drug-likeness (QED) is 0.844. The summed E-state index contributed by atoms with van der Waals surface area (Å²) in [5.41, 5.74) is -0.982. The SMILES string of the molecule is N#CC1(NC(=O)c2cccnc2F)CCCCCCC1. The van der Waals surface area contributed by atoms with E-state index in [-0.39, 0.29) is 5.56 Å². The van der Waals surface area contributed by atoms with Crippen molar-refractivity contribution >= 4 is 5.91 Å². The first kappa shape index (κ1) is 14.4. The summed E-state index contributed by atoms with van der Waals surface area (Å²) in [5.74, 6) is -1.36.